The number of aromatic nitrogens is 2. The summed E-state index contributed by atoms with van der Waals surface area (Å²) in [6.45, 7) is 3.77. The van der Waals surface area contributed by atoms with E-state index in [-0.39, 0.29) is 16.7 Å². The van der Waals surface area contributed by atoms with Crippen LogP contribution in [-0.4, -0.2) is 15.9 Å². The Morgan fingerprint density at radius 2 is 2.04 bits per heavy atom. The predicted molar refractivity (Wildman–Crippen MR) is 87.2 cm³/mol. The van der Waals surface area contributed by atoms with Crippen LogP contribution in [0.15, 0.2) is 30.5 Å². The highest BCUT2D eigenvalue weighted by atomic mass is 35.5. The summed E-state index contributed by atoms with van der Waals surface area (Å²) in [7, 11) is 0. The minimum Gasteiger partial charge on any atom is -0.425 e. The van der Waals surface area contributed by atoms with Crippen molar-refractivity contribution in [1.82, 2.24) is 9.97 Å². The number of carbonyl (C=O) groups is 1. The van der Waals surface area contributed by atoms with Gasteiger partial charge in [0.2, 0.25) is 5.28 Å². The van der Waals surface area contributed by atoms with Crippen LogP contribution in [0.4, 0.5) is 0 Å². The van der Waals surface area contributed by atoms with Crippen LogP contribution >= 0.6 is 11.6 Å². The number of nitrogens with zero attached hydrogens (tertiary/aromatic N) is 2. The van der Waals surface area contributed by atoms with Gasteiger partial charge < -0.3 is 4.74 Å². The van der Waals surface area contributed by atoms with E-state index in [0.29, 0.717) is 17.0 Å². The highest BCUT2D eigenvalue weighted by Gasteiger charge is 2.46. The van der Waals surface area contributed by atoms with E-state index in [0.717, 1.165) is 18.4 Å². The molecule has 1 saturated carbocycles. The molecule has 0 saturated heterocycles. The molecule has 2 aromatic rings. The summed E-state index contributed by atoms with van der Waals surface area (Å²) in [6, 6.07) is 7.21. The zero-order valence-corrected chi connectivity index (χ0v) is 13.6. The van der Waals surface area contributed by atoms with Crippen LogP contribution in [0, 0.1) is 24.2 Å². The Morgan fingerprint density at radius 1 is 1.30 bits per heavy atom. The van der Waals surface area contributed by atoms with E-state index < -0.39 is 0 Å². The van der Waals surface area contributed by atoms with Crippen molar-refractivity contribution in [2.75, 3.05) is 0 Å². The van der Waals surface area contributed by atoms with Gasteiger partial charge in [-0.3, -0.25) is 4.79 Å². The van der Waals surface area contributed by atoms with Gasteiger partial charge >= 0.3 is 5.97 Å². The van der Waals surface area contributed by atoms with E-state index in [1.165, 1.54) is 0 Å². The predicted octanol–water partition coefficient (Wildman–Crippen LogP) is 3.54. The maximum atomic E-state index is 12.1. The van der Waals surface area contributed by atoms with Crippen LogP contribution < -0.4 is 4.74 Å². The SMILES string of the molecule is Cc1cnc(Cl)nc1C#Cc1ccccc1OC(=O)C1(C)CC1. The number of para-hydroxylation sites is 1. The standard InChI is InChI=1S/C18H15ClN2O2/c1-12-11-20-17(19)21-14(12)8-7-13-5-3-4-6-15(13)23-16(22)18(2)9-10-18/h3-6,11H,9-10H2,1-2H3. The topological polar surface area (TPSA) is 52.1 Å². The molecule has 0 unspecified atom stereocenters. The van der Waals surface area contributed by atoms with E-state index in [4.69, 9.17) is 16.3 Å². The molecule has 116 valence electrons. The van der Waals surface area contributed by atoms with Crippen molar-refractivity contribution in [3.05, 3.63) is 52.6 Å². The van der Waals surface area contributed by atoms with Gasteiger partial charge in [-0.15, -0.1) is 0 Å². The Kier molecular flexibility index (Phi) is 4.06. The fourth-order valence-corrected chi connectivity index (χ4v) is 2.08. The van der Waals surface area contributed by atoms with E-state index in [9.17, 15) is 4.79 Å². The monoisotopic (exact) mass is 326 g/mol. The van der Waals surface area contributed by atoms with Crippen molar-refractivity contribution >= 4 is 17.6 Å². The summed E-state index contributed by atoms with van der Waals surface area (Å²) in [5.41, 5.74) is 1.69. The van der Waals surface area contributed by atoms with Gasteiger partial charge in [0.1, 0.15) is 11.4 Å². The van der Waals surface area contributed by atoms with Gasteiger partial charge in [-0.05, 0) is 56.3 Å². The third-order valence-electron chi connectivity index (χ3n) is 3.84. The van der Waals surface area contributed by atoms with Crippen LogP contribution in [-0.2, 0) is 4.79 Å². The molecule has 1 heterocycles. The average Bonchev–Trinajstić information content (AvgIpc) is 3.28. The molecule has 0 spiro atoms. The van der Waals surface area contributed by atoms with Gasteiger partial charge in [-0.2, -0.15) is 0 Å². The minimum atomic E-state index is -0.336. The van der Waals surface area contributed by atoms with Crippen molar-refractivity contribution < 1.29 is 9.53 Å². The number of aryl methyl sites for hydroxylation is 1. The molecule has 3 rings (SSSR count). The number of carbonyl (C=O) groups excluding carboxylic acids is 1. The second kappa shape index (κ2) is 6.02. The minimum absolute atomic E-state index is 0.154. The molecule has 4 nitrogen and oxygen atoms in total. The summed E-state index contributed by atoms with van der Waals surface area (Å²) in [5, 5.41) is 0.154. The maximum absolute atomic E-state index is 12.1. The summed E-state index contributed by atoms with van der Waals surface area (Å²) in [4.78, 5) is 20.1. The van der Waals surface area contributed by atoms with Crippen molar-refractivity contribution in [3.8, 4) is 17.6 Å². The first-order valence-corrected chi connectivity index (χ1v) is 7.68. The lowest BCUT2D eigenvalue weighted by Gasteiger charge is -2.10. The van der Waals surface area contributed by atoms with Crippen LogP contribution in [0.25, 0.3) is 0 Å². The third kappa shape index (κ3) is 3.52. The fraction of sp³-hybridized carbons (Fsp3) is 0.278. The Labute approximate surface area is 139 Å². The summed E-state index contributed by atoms with van der Waals surface area (Å²) in [5.74, 6) is 6.23. The van der Waals surface area contributed by atoms with Gasteiger partial charge in [-0.25, -0.2) is 9.97 Å². The second-order valence-corrected chi connectivity index (χ2v) is 6.21. The quantitative estimate of drug-likeness (QED) is 0.366. The zero-order valence-electron chi connectivity index (χ0n) is 12.9. The van der Waals surface area contributed by atoms with Crippen molar-refractivity contribution in [3.63, 3.8) is 0 Å². The number of hydrogen-bond donors (Lipinski definition) is 0. The molecule has 1 aromatic carbocycles. The zero-order chi connectivity index (χ0) is 16.4. The van der Waals surface area contributed by atoms with Crippen LogP contribution in [0.3, 0.4) is 0 Å². The fourth-order valence-electron chi connectivity index (χ4n) is 1.95. The van der Waals surface area contributed by atoms with E-state index in [1.807, 2.05) is 32.0 Å². The summed E-state index contributed by atoms with van der Waals surface area (Å²) < 4.78 is 5.51. The second-order valence-electron chi connectivity index (χ2n) is 5.87. The average molecular weight is 327 g/mol. The third-order valence-corrected chi connectivity index (χ3v) is 4.02. The van der Waals surface area contributed by atoms with Gasteiger partial charge in [0.15, 0.2) is 0 Å². The lowest BCUT2D eigenvalue weighted by molar-refractivity contribution is -0.139. The largest absolute Gasteiger partial charge is 0.425 e. The van der Waals surface area contributed by atoms with Crippen LogP contribution in [0.5, 0.6) is 5.75 Å². The van der Waals surface area contributed by atoms with Crippen LogP contribution in [0.2, 0.25) is 5.28 Å². The first-order valence-electron chi connectivity index (χ1n) is 7.30. The van der Waals surface area contributed by atoms with Crippen molar-refractivity contribution in [2.24, 2.45) is 5.41 Å². The molecule has 5 heteroatoms. The number of hydrogen-bond acceptors (Lipinski definition) is 4. The molecule has 0 amide bonds. The molecule has 0 atom stereocenters. The highest BCUT2D eigenvalue weighted by molar-refractivity contribution is 6.28. The van der Waals surface area contributed by atoms with Crippen molar-refractivity contribution in [1.29, 1.82) is 0 Å². The van der Waals surface area contributed by atoms with Gasteiger partial charge in [0.25, 0.3) is 0 Å². The number of ether oxygens (including phenoxy) is 1. The molecule has 1 fully saturated rings. The van der Waals surface area contributed by atoms with Gasteiger partial charge in [-0.1, -0.05) is 18.1 Å². The lowest BCUT2D eigenvalue weighted by atomic mass is 10.1. The molecular formula is C18H15ClN2O2. The molecule has 0 N–H and O–H groups in total. The first kappa shape index (κ1) is 15.5. The number of esters is 1. The van der Waals surface area contributed by atoms with E-state index >= 15 is 0 Å². The highest BCUT2D eigenvalue weighted by Crippen LogP contribution is 2.46. The summed E-state index contributed by atoms with van der Waals surface area (Å²) >= 11 is 5.80. The summed E-state index contributed by atoms with van der Waals surface area (Å²) in [6.07, 6.45) is 3.37. The molecule has 0 bridgehead atoms. The molecule has 1 aliphatic carbocycles. The number of rotatable bonds is 2. The number of benzene rings is 1. The molecule has 23 heavy (non-hydrogen) atoms. The van der Waals surface area contributed by atoms with Gasteiger partial charge in [0, 0.05) is 11.8 Å². The maximum Gasteiger partial charge on any atom is 0.317 e. The molecule has 0 radical (unpaired) electrons. The molecule has 0 aliphatic heterocycles. The Balaban J connectivity index is 1.88. The molecular weight excluding hydrogens is 312 g/mol. The smallest absolute Gasteiger partial charge is 0.317 e. The van der Waals surface area contributed by atoms with E-state index in [1.54, 1.807) is 12.3 Å². The molecule has 1 aliphatic rings. The Bertz CT molecular complexity index is 832. The van der Waals surface area contributed by atoms with Crippen LogP contribution in [0.1, 0.15) is 36.6 Å². The van der Waals surface area contributed by atoms with E-state index in [2.05, 4.69) is 21.8 Å². The Hall–Kier alpha value is -2.38. The lowest BCUT2D eigenvalue weighted by Crippen LogP contribution is -2.19. The normalized spacial score (nSPS) is 14.6. The molecule has 1 aromatic heterocycles. The number of halogens is 1. The Morgan fingerprint density at radius 3 is 2.78 bits per heavy atom. The van der Waals surface area contributed by atoms with Crippen molar-refractivity contribution in [2.45, 2.75) is 26.7 Å². The van der Waals surface area contributed by atoms with Gasteiger partial charge in [0.05, 0.1) is 11.0 Å². The first-order chi connectivity index (χ1) is 11.0.